The van der Waals surface area contributed by atoms with Crippen LogP contribution < -0.4 is 10.1 Å². The first-order valence-electron chi connectivity index (χ1n) is 8.27. The van der Waals surface area contributed by atoms with Crippen LogP contribution in [-0.2, 0) is 0 Å². The van der Waals surface area contributed by atoms with E-state index in [1.54, 1.807) is 0 Å². The normalized spacial score (nSPS) is 23.5. The van der Waals surface area contributed by atoms with Crippen LogP contribution in [0.25, 0.3) is 0 Å². The van der Waals surface area contributed by atoms with Crippen molar-refractivity contribution < 1.29 is 4.74 Å². The minimum absolute atomic E-state index is 0.619. The summed E-state index contributed by atoms with van der Waals surface area (Å²) >= 11 is 0. The Labute approximate surface area is 129 Å². The van der Waals surface area contributed by atoms with Crippen molar-refractivity contribution in [1.82, 2.24) is 10.2 Å². The monoisotopic (exact) mass is 290 g/mol. The van der Waals surface area contributed by atoms with Gasteiger partial charge in [-0.15, -0.1) is 0 Å². The number of hydrogen-bond donors (Lipinski definition) is 1. The number of benzene rings is 1. The van der Waals surface area contributed by atoms with Gasteiger partial charge in [0.2, 0.25) is 0 Å². The van der Waals surface area contributed by atoms with Gasteiger partial charge in [0.15, 0.2) is 0 Å². The number of hydrogen-bond acceptors (Lipinski definition) is 3. The standard InChI is InChI=1S/C18H30N2O/c1-5-16-13-20(18(12-19-16)14(2)3)9-10-21-17-8-6-7-15(4)11-17/h6-8,11,14,16,18-19H,5,9-10,12-13H2,1-4H3. The van der Waals surface area contributed by atoms with Gasteiger partial charge < -0.3 is 10.1 Å². The van der Waals surface area contributed by atoms with Gasteiger partial charge in [0.05, 0.1) is 0 Å². The highest BCUT2D eigenvalue weighted by molar-refractivity contribution is 5.27. The molecular formula is C18H30N2O. The molecular weight excluding hydrogens is 260 g/mol. The van der Waals surface area contributed by atoms with Crippen molar-refractivity contribution in [2.24, 2.45) is 5.92 Å². The average molecular weight is 290 g/mol. The van der Waals surface area contributed by atoms with E-state index in [1.807, 2.05) is 6.07 Å². The van der Waals surface area contributed by atoms with E-state index in [1.165, 1.54) is 12.0 Å². The Morgan fingerprint density at radius 3 is 2.86 bits per heavy atom. The van der Waals surface area contributed by atoms with Crippen molar-refractivity contribution in [3.8, 4) is 5.75 Å². The molecule has 2 rings (SSSR count). The summed E-state index contributed by atoms with van der Waals surface area (Å²) in [6.07, 6.45) is 1.19. The lowest BCUT2D eigenvalue weighted by atomic mass is 9.98. The second-order valence-corrected chi connectivity index (χ2v) is 6.48. The first-order valence-corrected chi connectivity index (χ1v) is 8.27. The number of piperazine rings is 1. The molecule has 0 spiro atoms. The number of nitrogens with zero attached hydrogens (tertiary/aromatic N) is 1. The highest BCUT2D eigenvalue weighted by Crippen LogP contribution is 2.17. The summed E-state index contributed by atoms with van der Waals surface area (Å²) in [6.45, 7) is 13.0. The summed E-state index contributed by atoms with van der Waals surface area (Å²) in [7, 11) is 0. The molecule has 1 aromatic carbocycles. The average Bonchev–Trinajstić information content (AvgIpc) is 2.47. The molecule has 2 unspecified atom stereocenters. The Morgan fingerprint density at radius 2 is 2.19 bits per heavy atom. The van der Waals surface area contributed by atoms with Gasteiger partial charge in [-0.2, -0.15) is 0 Å². The van der Waals surface area contributed by atoms with E-state index >= 15 is 0 Å². The molecule has 21 heavy (non-hydrogen) atoms. The summed E-state index contributed by atoms with van der Waals surface area (Å²) in [4.78, 5) is 2.60. The maximum atomic E-state index is 5.92. The van der Waals surface area contributed by atoms with Crippen LogP contribution in [0.4, 0.5) is 0 Å². The second-order valence-electron chi connectivity index (χ2n) is 6.48. The van der Waals surface area contributed by atoms with Crippen LogP contribution in [0.1, 0.15) is 32.8 Å². The van der Waals surface area contributed by atoms with Crippen LogP contribution in [0.5, 0.6) is 5.75 Å². The fourth-order valence-electron chi connectivity index (χ4n) is 3.07. The van der Waals surface area contributed by atoms with Gasteiger partial charge in [-0.3, -0.25) is 4.90 Å². The van der Waals surface area contributed by atoms with Gasteiger partial charge in [0, 0.05) is 31.7 Å². The lowest BCUT2D eigenvalue weighted by molar-refractivity contribution is 0.0816. The Bertz CT molecular complexity index is 433. The second kappa shape index (κ2) is 7.81. The molecule has 1 fully saturated rings. The fourth-order valence-corrected chi connectivity index (χ4v) is 3.07. The van der Waals surface area contributed by atoms with Crippen LogP contribution in [-0.4, -0.2) is 43.2 Å². The largest absolute Gasteiger partial charge is 0.492 e. The van der Waals surface area contributed by atoms with Gasteiger partial charge in [-0.1, -0.05) is 32.9 Å². The van der Waals surface area contributed by atoms with Gasteiger partial charge in [-0.25, -0.2) is 0 Å². The van der Waals surface area contributed by atoms with Gasteiger partial charge in [0.25, 0.3) is 0 Å². The predicted octanol–water partition coefficient (Wildman–Crippen LogP) is 3.08. The van der Waals surface area contributed by atoms with Gasteiger partial charge >= 0.3 is 0 Å². The van der Waals surface area contributed by atoms with Crippen LogP contribution in [0.3, 0.4) is 0 Å². The summed E-state index contributed by atoms with van der Waals surface area (Å²) in [6, 6.07) is 9.54. The minimum atomic E-state index is 0.619. The quantitative estimate of drug-likeness (QED) is 0.871. The molecule has 0 saturated carbocycles. The predicted molar refractivity (Wildman–Crippen MR) is 89.0 cm³/mol. The smallest absolute Gasteiger partial charge is 0.119 e. The van der Waals surface area contributed by atoms with Crippen molar-refractivity contribution in [2.75, 3.05) is 26.2 Å². The molecule has 1 aromatic rings. The Kier molecular flexibility index (Phi) is 6.07. The molecule has 2 atom stereocenters. The summed E-state index contributed by atoms with van der Waals surface area (Å²) < 4.78 is 5.92. The lowest BCUT2D eigenvalue weighted by Gasteiger charge is -2.42. The SMILES string of the molecule is CCC1CN(CCOc2cccc(C)c2)C(C(C)C)CN1. The number of nitrogens with one attached hydrogen (secondary N) is 1. The maximum Gasteiger partial charge on any atom is 0.119 e. The third-order valence-electron chi connectivity index (χ3n) is 4.44. The Balaban J connectivity index is 1.86. The first-order chi connectivity index (χ1) is 10.1. The van der Waals surface area contributed by atoms with Crippen LogP contribution in [0.15, 0.2) is 24.3 Å². The molecule has 0 aliphatic carbocycles. The minimum Gasteiger partial charge on any atom is -0.492 e. The highest BCUT2D eigenvalue weighted by Gasteiger charge is 2.28. The molecule has 0 bridgehead atoms. The molecule has 0 amide bonds. The number of ether oxygens (including phenoxy) is 1. The van der Waals surface area contributed by atoms with Crippen LogP contribution in [0, 0.1) is 12.8 Å². The molecule has 0 aromatic heterocycles. The molecule has 1 heterocycles. The maximum absolute atomic E-state index is 5.92. The van der Waals surface area contributed by atoms with Crippen molar-refractivity contribution in [1.29, 1.82) is 0 Å². The van der Waals surface area contributed by atoms with E-state index in [9.17, 15) is 0 Å². The molecule has 1 aliphatic heterocycles. The Hall–Kier alpha value is -1.06. The molecule has 3 nitrogen and oxygen atoms in total. The Morgan fingerprint density at radius 1 is 1.38 bits per heavy atom. The van der Waals surface area contributed by atoms with Gasteiger partial charge in [0.1, 0.15) is 12.4 Å². The van der Waals surface area contributed by atoms with E-state index in [0.29, 0.717) is 18.0 Å². The van der Waals surface area contributed by atoms with E-state index in [4.69, 9.17) is 4.74 Å². The van der Waals surface area contributed by atoms with Crippen LogP contribution in [0.2, 0.25) is 0 Å². The molecule has 0 radical (unpaired) electrons. The third-order valence-corrected chi connectivity index (χ3v) is 4.44. The summed E-state index contributed by atoms with van der Waals surface area (Å²) in [5.41, 5.74) is 1.25. The molecule has 3 heteroatoms. The zero-order chi connectivity index (χ0) is 15.2. The van der Waals surface area contributed by atoms with E-state index in [-0.39, 0.29) is 0 Å². The fraction of sp³-hybridized carbons (Fsp3) is 0.667. The van der Waals surface area contributed by atoms with E-state index in [0.717, 1.165) is 32.0 Å². The molecule has 1 N–H and O–H groups in total. The van der Waals surface area contributed by atoms with E-state index in [2.05, 4.69) is 56.1 Å². The zero-order valence-corrected chi connectivity index (χ0v) is 13.9. The topological polar surface area (TPSA) is 24.5 Å². The number of rotatable bonds is 6. The van der Waals surface area contributed by atoms with E-state index < -0.39 is 0 Å². The van der Waals surface area contributed by atoms with Crippen molar-refractivity contribution in [3.05, 3.63) is 29.8 Å². The van der Waals surface area contributed by atoms with Gasteiger partial charge in [-0.05, 0) is 37.0 Å². The van der Waals surface area contributed by atoms with Crippen molar-refractivity contribution in [3.63, 3.8) is 0 Å². The molecule has 118 valence electrons. The molecule has 1 saturated heterocycles. The lowest BCUT2D eigenvalue weighted by Crippen LogP contribution is -2.58. The summed E-state index contributed by atoms with van der Waals surface area (Å²) in [5.74, 6) is 1.66. The third kappa shape index (κ3) is 4.72. The first kappa shape index (κ1) is 16.3. The summed E-state index contributed by atoms with van der Waals surface area (Å²) in [5, 5.41) is 3.66. The van der Waals surface area contributed by atoms with Crippen LogP contribution >= 0.6 is 0 Å². The highest BCUT2D eigenvalue weighted by atomic mass is 16.5. The molecule has 1 aliphatic rings. The zero-order valence-electron chi connectivity index (χ0n) is 13.9. The van der Waals surface area contributed by atoms with Crippen molar-refractivity contribution >= 4 is 0 Å². The number of aryl methyl sites for hydroxylation is 1. The van der Waals surface area contributed by atoms with Crippen molar-refractivity contribution in [2.45, 2.75) is 46.2 Å².